The second kappa shape index (κ2) is 7.87. The molecular formula is C15H17Br2N3O2. The van der Waals surface area contributed by atoms with Crippen LogP contribution in [0.5, 0.6) is 0 Å². The van der Waals surface area contributed by atoms with E-state index in [1.807, 2.05) is 31.2 Å². The van der Waals surface area contributed by atoms with Gasteiger partial charge in [0.1, 0.15) is 0 Å². The Bertz CT molecular complexity index is 587. The Kier molecular flexibility index (Phi) is 6.14. The number of anilines is 1. The van der Waals surface area contributed by atoms with Gasteiger partial charge in [0.15, 0.2) is 0 Å². The van der Waals surface area contributed by atoms with Gasteiger partial charge in [-0.25, -0.2) is 5.43 Å². The average Bonchev–Trinajstić information content (AvgIpc) is 2.48. The van der Waals surface area contributed by atoms with E-state index < -0.39 is 0 Å². The summed E-state index contributed by atoms with van der Waals surface area (Å²) in [6.45, 7) is 1.98. The minimum atomic E-state index is -0.0590. The molecule has 0 bridgehead atoms. The highest BCUT2D eigenvalue weighted by Gasteiger charge is 2.21. The molecule has 0 saturated heterocycles. The number of hydrogen-bond acceptors (Lipinski definition) is 3. The zero-order valence-electron chi connectivity index (χ0n) is 12.1. The van der Waals surface area contributed by atoms with Crippen LogP contribution in [0.3, 0.4) is 0 Å². The molecule has 1 aromatic carbocycles. The van der Waals surface area contributed by atoms with Crippen LogP contribution in [0.2, 0.25) is 0 Å². The highest BCUT2D eigenvalue weighted by atomic mass is 79.9. The molecule has 0 radical (unpaired) electrons. The van der Waals surface area contributed by atoms with Crippen molar-refractivity contribution in [2.45, 2.75) is 24.6 Å². The number of amides is 2. The minimum absolute atomic E-state index is 0.0373. The highest BCUT2D eigenvalue weighted by Crippen LogP contribution is 2.19. The standard InChI is InChI=1S/C15H17Br2N3O2/c1-9-6-14(22)19-20-15(9)10-2-4-12(5-3-10)18-13(21)7-11(17)8-16/h2-5,9,11H,6-8H2,1H3,(H,18,21)(H,19,22). The molecule has 0 aliphatic carbocycles. The van der Waals surface area contributed by atoms with E-state index >= 15 is 0 Å². The van der Waals surface area contributed by atoms with Crippen LogP contribution in [0, 0.1) is 5.92 Å². The van der Waals surface area contributed by atoms with Crippen LogP contribution in [0.4, 0.5) is 5.69 Å². The Balaban J connectivity index is 2.01. The molecule has 2 amide bonds. The quantitative estimate of drug-likeness (QED) is 0.704. The number of halogens is 2. The molecule has 5 nitrogen and oxygen atoms in total. The molecule has 1 aromatic rings. The van der Waals surface area contributed by atoms with E-state index in [1.165, 1.54) is 0 Å². The van der Waals surface area contributed by atoms with Crippen LogP contribution in [-0.2, 0) is 9.59 Å². The zero-order chi connectivity index (χ0) is 16.1. The molecule has 0 aromatic heterocycles. The fourth-order valence-electron chi connectivity index (χ4n) is 2.19. The van der Waals surface area contributed by atoms with Crippen molar-refractivity contribution in [3.8, 4) is 0 Å². The van der Waals surface area contributed by atoms with Crippen LogP contribution in [0.25, 0.3) is 0 Å². The third kappa shape index (κ3) is 4.64. The first-order chi connectivity index (χ1) is 10.5. The lowest BCUT2D eigenvalue weighted by molar-refractivity contribution is -0.122. The number of nitrogens with one attached hydrogen (secondary N) is 2. The van der Waals surface area contributed by atoms with E-state index in [0.29, 0.717) is 12.8 Å². The van der Waals surface area contributed by atoms with Gasteiger partial charge >= 0.3 is 0 Å². The van der Waals surface area contributed by atoms with Gasteiger partial charge in [0.25, 0.3) is 0 Å². The number of carbonyl (C=O) groups is 2. The smallest absolute Gasteiger partial charge is 0.240 e. The van der Waals surface area contributed by atoms with Crippen LogP contribution in [0.1, 0.15) is 25.3 Å². The van der Waals surface area contributed by atoms with E-state index in [2.05, 4.69) is 47.7 Å². The molecule has 1 aliphatic heterocycles. The lowest BCUT2D eigenvalue weighted by atomic mass is 9.94. The van der Waals surface area contributed by atoms with Gasteiger partial charge in [-0.15, -0.1) is 0 Å². The van der Waals surface area contributed by atoms with E-state index in [4.69, 9.17) is 0 Å². The maximum Gasteiger partial charge on any atom is 0.240 e. The predicted molar refractivity (Wildman–Crippen MR) is 94.7 cm³/mol. The summed E-state index contributed by atoms with van der Waals surface area (Å²) in [5.74, 6) is -0.0109. The summed E-state index contributed by atoms with van der Waals surface area (Å²) in [4.78, 5) is 23.2. The van der Waals surface area contributed by atoms with Crippen LogP contribution >= 0.6 is 31.9 Å². The Morgan fingerprint density at radius 1 is 1.45 bits per heavy atom. The molecule has 2 atom stereocenters. The first kappa shape index (κ1) is 17.1. The van der Waals surface area contributed by atoms with Crippen LogP contribution < -0.4 is 10.7 Å². The highest BCUT2D eigenvalue weighted by molar-refractivity contribution is 9.12. The number of benzene rings is 1. The summed E-state index contributed by atoms with van der Waals surface area (Å²) in [5, 5.41) is 7.70. The first-order valence-electron chi connectivity index (χ1n) is 6.96. The normalized spacial score (nSPS) is 19.1. The number of nitrogens with zero attached hydrogens (tertiary/aromatic N) is 1. The van der Waals surface area contributed by atoms with Crippen molar-refractivity contribution in [1.82, 2.24) is 5.43 Å². The van der Waals surface area contributed by atoms with Crippen molar-refractivity contribution in [1.29, 1.82) is 0 Å². The van der Waals surface area contributed by atoms with Gasteiger partial charge in [-0.3, -0.25) is 9.59 Å². The van der Waals surface area contributed by atoms with Crippen molar-refractivity contribution in [2.24, 2.45) is 11.0 Å². The molecule has 0 saturated carbocycles. The fourth-order valence-corrected chi connectivity index (χ4v) is 2.72. The molecule has 1 heterocycles. The molecule has 0 fully saturated rings. The van der Waals surface area contributed by atoms with Crippen molar-refractivity contribution in [3.05, 3.63) is 29.8 Å². The van der Waals surface area contributed by atoms with Crippen molar-refractivity contribution >= 4 is 55.1 Å². The van der Waals surface area contributed by atoms with Gasteiger partial charge in [-0.2, -0.15) is 5.10 Å². The van der Waals surface area contributed by atoms with E-state index in [0.717, 1.165) is 22.3 Å². The monoisotopic (exact) mass is 429 g/mol. The summed E-state index contributed by atoms with van der Waals surface area (Å²) in [7, 11) is 0. The van der Waals surface area contributed by atoms with Gasteiger partial charge in [-0.05, 0) is 17.7 Å². The van der Waals surface area contributed by atoms with Gasteiger partial charge < -0.3 is 5.32 Å². The van der Waals surface area contributed by atoms with Gasteiger partial charge in [0.05, 0.1) is 5.71 Å². The molecule has 2 rings (SSSR count). The molecular weight excluding hydrogens is 414 g/mol. The fraction of sp³-hybridized carbons (Fsp3) is 0.400. The van der Waals surface area contributed by atoms with E-state index in [1.54, 1.807) is 0 Å². The Labute approximate surface area is 146 Å². The number of rotatable bonds is 5. The summed E-state index contributed by atoms with van der Waals surface area (Å²) < 4.78 is 0. The van der Waals surface area contributed by atoms with Gasteiger partial charge in [0, 0.05) is 34.6 Å². The lowest BCUT2D eigenvalue weighted by Gasteiger charge is -2.19. The summed E-state index contributed by atoms with van der Waals surface area (Å²) >= 11 is 6.73. The van der Waals surface area contributed by atoms with E-state index in [-0.39, 0.29) is 22.6 Å². The molecule has 2 unspecified atom stereocenters. The SMILES string of the molecule is CC1CC(=O)NN=C1c1ccc(NC(=O)CC(Br)CBr)cc1. The summed E-state index contributed by atoms with van der Waals surface area (Å²) in [6.07, 6.45) is 0.847. The third-order valence-electron chi connectivity index (χ3n) is 3.30. The average molecular weight is 431 g/mol. The second-order valence-electron chi connectivity index (χ2n) is 5.22. The minimum Gasteiger partial charge on any atom is -0.326 e. The topological polar surface area (TPSA) is 70.6 Å². The van der Waals surface area contributed by atoms with Crippen molar-refractivity contribution < 1.29 is 9.59 Å². The molecule has 2 N–H and O–H groups in total. The zero-order valence-corrected chi connectivity index (χ0v) is 15.3. The van der Waals surface area contributed by atoms with Crippen LogP contribution in [0.15, 0.2) is 29.4 Å². The molecule has 22 heavy (non-hydrogen) atoms. The van der Waals surface area contributed by atoms with Crippen molar-refractivity contribution in [2.75, 3.05) is 10.6 Å². The largest absolute Gasteiger partial charge is 0.326 e. The number of hydrazone groups is 1. The molecule has 7 heteroatoms. The summed E-state index contributed by atoms with van der Waals surface area (Å²) in [5.41, 5.74) is 5.06. The van der Waals surface area contributed by atoms with Crippen LogP contribution in [-0.4, -0.2) is 27.7 Å². The molecule has 118 valence electrons. The summed E-state index contributed by atoms with van der Waals surface area (Å²) in [6, 6.07) is 7.49. The van der Waals surface area contributed by atoms with E-state index in [9.17, 15) is 9.59 Å². The Morgan fingerprint density at radius 3 is 2.73 bits per heavy atom. The second-order valence-corrected chi connectivity index (χ2v) is 7.16. The number of carbonyl (C=O) groups excluding carboxylic acids is 2. The number of alkyl halides is 2. The van der Waals surface area contributed by atoms with Gasteiger partial charge in [0.2, 0.25) is 11.8 Å². The number of hydrogen-bond donors (Lipinski definition) is 2. The Hall–Kier alpha value is -1.21. The maximum atomic E-state index is 11.8. The first-order valence-corrected chi connectivity index (χ1v) is 9.00. The maximum absolute atomic E-state index is 11.8. The van der Waals surface area contributed by atoms with Crippen molar-refractivity contribution in [3.63, 3.8) is 0 Å². The molecule has 1 aliphatic rings. The lowest BCUT2D eigenvalue weighted by Crippen LogP contribution is -2.31. The predicted octanol–water partition coefficient (Wildman–Crippen LogP) is 3.03. The van der Waals surface area contributed by atoms with Gasteiger partial charge in [-0.1, -0.05) is 50.9 Å². The third-order valence-corrected chi connectivity index (χ3v) is 5.60. The molecule has 0 spiro atoms. The Morgan fingerprint density at radius 2 is 2.14 bits per heavy atom.